The first kappa shape index (κ1) is 11.4. The first-order valence-electron chi connectivity index (χ1n) is 5.63. The van der Waals surface area contributed by atoms with Gasteiger partial charge in [0.05, 0.1) is 0 Å². The van der Waals surface area contributed by atoms with Gasteiger partial charge in [-0.1, -0.05) is 19.8 Å². The van der Waals surface area contributed by atoms with Crippen molar-refractivity contribution in [3.05, 3.63) is 0 Å². The third-order valence-corrected chi connectivity index (χ3v) is 4.28. The Kier molecular flexibility index (Phi) is 5.88. The lowest BCUT2D eigenvalue weighted by Gasteiger charge is -2.22. The number of hydrogen-bond acceptors (Lipinski definition) is 2. The van der Waals surface area contributed by atoms with Crippen molar-refractivity contribution in [3.63, 3.8) is 0 Å². The molecular weight excluding hydrogens is 178 g/mol. The standard InChI is InChI=1S/C11H23NS/c1-3-8-13-9-11(12-2)10-6-4-5-7-10/h10-12H,3-9H2,1-2H3. The van der Waals surface area contributed by atoms with Crippen LogP contribution in [0.25, 0.3) is 0 Å². The Bertz CT molecular complexity index is 121. The zero-order valence-corrected chi connectivity index (χ0v) is 9.83. The minimum Gasteiger partial charge on any atom is -0.316 e. The van der Waals surface area contributed by atoms with Crippen LogP contribution in [0.15, 0.2) is 0 Å². The van der Waals surface area contributed by atoms with Crippen LogP contribution in [0.2, 0.25) is 0 Å². The molecule has 0 heterocycles. The van der Waals surface area contributed by atoms with E-state index in [1.807, 2.05) is 0 Å². The van der Waals surface area contributed by atoms with Crippen LogP contribution in [0.4, 0.5) is 0 Å². The molecule has 13 heavy (non-hydrogen) atoms. The van der Waals surface area contributed by atoms with Gasteiger partial charge in [0.1, 0.15) is 0 Å². The molecule has 1 unspecified atom stereocenters. The maximum atomic E-state index is 3.48. The molecule has 0 saturated heterocycles. The van der Waals surface area contributed by atoms with E-state index in [0.717, 1.165) is 12.0 Å². The molecule has 2 heteroatoms. The van der Waals surface area contributed by atoms with Crippen molar-refractivity contribution in [1.29, 1.82) is 0 Å². The molecule has 1 rings (SSSR count). The second kappa shape index (κ2) is 6.72. The van der Waals surface area contributed by atoms with Gasteiger partial charge in [-0.3, -0.25) is 0 Å². The molecule has 0 amide bonds. The molecule has 1 aliphatic carbocycles. The average molecular weight is 201 g/mol. The van der Waals surface area contributed by atoms with Crippen LogP contribution in [-0.4, -0.2) is 24.6 Å². The molecule has 0 spiro atoms. The molecule has 78 valence electrons. The minimum absolute atomic E-state index is 0.777. The summed E-state index contributed by atoms with van der Waals surface area (Å²) in [6, 6.07) is 0.777. The van der Waals surface area contributed by atoms with Crippen molar-refractivity contribution in [3.8, 4) is 0 Å². The predicted octanol–water partition coefficient (Wildman–Crippen LogP) is 2.91. The maximum Gasteiger partial charge on any atom is 0.0183 e. The van der Waals surface area contributed by atoms with Gasteiger partial charge in [-0.25, -0.2) is 0 Å². The predicted molar refractivity (Wildman–Crippen MR) is 62.4 cm³/mol. The Balaban J connectivity index is 2.16. The summed E-state index contributed by atoms with van der Waals surface area (Å²) in [7, 11) is 2.12. The van der Waals surface area contributed by atoms with Gasteiger partial charge in [0.2, 0.25) is 0 Å². The highest BCUT2D eigenvalue weighted by atomic mass is 32.2. The second-order valence-electron chi connectivity index (χ2n) is 4.01. The zero-order valence-electron chi connectivity index (χ0n) is 9.01. The first-order chi connectivity index (χ1) is 6.38. The lowest BCUT2D eigenvalue weighted by Crippen LogP contribution is -2.34. The molecule has 0 bridgehead atoms. The van der Waals surface area contributed by atoms with E-state index in [-0.39, 0.29) is 0 Å². The van der Waals surface area contributed by atoms with E-state index in [2.05, 4.69) is 31.1 Å². The van der Waals surface area contributed by atoms with E-state index in [1.54, 1.807) is 0 Å². The first-order valence-corrected chi connectivity index (χ1v) is 6.79. The molecule has 1 atom stereocenters. The topological polar surface area (TPSA) is 12.0 Å². The monoisotopic (exact) mass is 201 g/mol. The maximum absolute atomic E-state index is 3.48. The SMILES string of the molecule is CCCSCC(NC)C1CCCC1. The van der Waals surface area contributed by atoms with Crippen molar-refractivity contribution in [2.24, 2.45) is 5.92 Å². The van der Waals surface area contributed by atoms with Crippen molar-refractivity contribution in [2.75, 3.05) is 18.6 Å². The van der Waals surface area contributed by atoms with Gasteiger partial charge >= 0.3 is 0 Å². The highest BCUT2D eigenvalue weighted by Crippen LogP contribution is 2.29. The van der Waals surface area contributed by atoms with Gasteiger partial charge in [0.25, 0.3) is 0 Å². The molecule has 1 aliphatic rings. The largest absolute Gasteiger partial charge is 0.316 e. The highest BCUT2D eigenvalue weighted by Gasteiger charge is 2.23. The molecular formula is C11H23NS. The Morgan fingerprint density at radius 3 is 2.62 bits per heavy atom. The van der Waals surface area contributed by atoms with Gasteiger partial charge in [0, 0.05) is 11.8 Å². The lowest BCUT2D eigenvalue weighted by molar-refractivity contribution is 0.410. The number of rotatable bonds is 6. The van der Waals surface area contributed by atoms with Gasteiger partial charge in [-0.2, -0.15) is 11.8 Å². The van der Waals surface area contributed by atoms with Gasteiger partial charge in [-0.05, 0) is 38.0 Å². The van der Waals surface area contributed by atoms with Crippen LogP contribution in [-0.2, 0) is 0 Å². The van der Waals surface area contributed by atoms with Crippen LogP contribution >= 0.6 is 11.8 Å². The Labute approximate surface area is 87.1 Å². The van der Waals surface area contributed by atoms with E-state index in [1.165, 1.54) is 43.6 Å². The summed E-state index contributed by atoms with van der Waals surface area (Å²) in [5, 5.41) is 3.48. The van der Waals surface area contributed by atoms with Crippen LogP contribution in [0.3, 0.4) is 0 Å². The normalized spacial score (nSPS) is 20.8. The van der Waals surface area contributed by atoms with Crippen molar-refractivity contribution >= 4 is 11.8 Å². The minimum atomic E-state index is 0.777. The fourth-order valence-electron chi connectivity index (χ4n) is 2.17. The van der Waals surface area contributed by atoms with E-state index in [4.69, 9.17) is 0 Å². The summed E-state index contributed by atoms with van der Waals surface area (Å²) >= 11 is 2.11. The summed E-state index contributed by atoms with van der Waals surface area (Å²) < 4.78 is 0. The smallest absolute Gasteiger partial charge is 0.0183 e. The highest BCUT2D eigenvalue weighted by molar-refractivity contribution is 7.99. The molecule has 0 aromatic carbocycles. The van der Waals surface area contributed by atoms with Crippen molar-refractivity contribution in [2.45, 2.75) is 45.1 Å². The van der Waals surface area contributed by atoms with Crippen LogP contribution in [0.1, 0.15) is 39.0 Å². The Hall–Kier alpha value is 0.310. The van der Waals surface area contributed by atoms with Crippen LogP contribution in [0.5, 0.6) is 0 Å². The number of thioether (sulfide) groups is 1. The fourth-order valence-corrected chi connectivity index (χ4v) is 3.32. The van der Waals surface area contributed by atoms with Gasteiger partial charge in [-0.15, -0.1) is 0 Å². The summed E-state index contributed by atoms with van der Waals surface area (Å²) in [6.07, 6.45) is 7.14. The summed E-state index contributed by atoms with van der Waals surface area (Å²) in [5.74, 6) is 3.61. The molecule has 0 aromatic heterocycles. The summed E-state index contributed by atoms with van der Waals surface area (Å²) in [5.41, 5.74) is 0. The van der Waals surface area contributed by atoms with E-state index in [0.29, 0.717) is 0 Å². The third kappa shape index (κ3) is 3.90. The van der Waals surface area contributed by atoms with Gasteiger partial charge in [0.15, 0.2) is 0 Å². The Morgan fingerprint density at radius 2 is 2.08 bits per heavy atom. The van der Waals surface area contributed by atoms with E-state index < -0.39 is 0 Å². The Morgan fingerprint density at radius 1 is 1.38 bits per heavy atom. The molecule has 1 fully saturated rings. The fraction of sp³-hybridized carbons (Fsp3) is 1.00. The van der Waals surface area contributed by atoms with E-state index in [9.17, 15) is 0 Å². The average Bonchev–Trinajstić information content (AvgIpc) is 2.65. The molecule has 1 saturated carbocycles. The zero-order chi connectivity index (χ0) is 9.52. The molecule has 0 aliphatic heterocycles. The molecule has 0 radical (unpaired) electrons. The second-order valence-corrected chi connectivity index (χ2v) is 5.16. The number of nitrogens with one attached hydrogen (secondary N) is 1. The van der Waals surface area contributed by atoms with Crippen LogP contribution < -0.4 is 5.32 Å². The summed E-state index contributed by atoms with van der Waals surface area (Å²) in [4.78, 5) is 0. The quantitative estimate of drug-likeness (QED) is 0.663. The molecule has 1 N–H and O–H groups in total. The van der Waals surface area contributed by atoms with Crippen molar-refractivity contribution in [1.82, 2.24) is 5.32 Å². The van der Waals surface area contributed by atoms with Crippen molar-refractivity contribution < 1.29 is 0 Å². The number of hydrogen-bond donors (Lipinski definition) is 1. The molecule has 0 aromatic rings. The lowest BCUT2D eigenvalue weighted by atomic mass is 10.0. The van der Waals surface area contributed by atoms with E-state index >= 15 is 0 Å². The van der Waals surface area contributed by atoms with Crippen LogP contribution in [0, 0.1) is 5.92 Å². The summed E-state index contributed by atoms with van der Waals surface area (Å²) in [6.45, 7) is 2.26. The molecule has 1 nitrogen and oxygen atoms in total. The third-order valence-electron chi connectivity index (χ3n) is 2.99. The van der Waals surface area contributed by atoms with Gasteiger partial charge < -0.3 is 5.32 Å².